The first-order valence-corrected chi connectivity index (χ1v) is 12.7. The van der Waals surface area contributed by atoms with Crippen LogP contribution in [0.5, 0.6) is 0 Å². The number of carbonyl (C=O) groups excluding carboxylic acids is 2. The minimum absolute atomic E-state index is 0.243. The fourth-order valence-corrected chi connectivity index (χ4v) is 3.93. The second kappa shape index (κ2) is 12.8. The normalized spacial score (nSPS) is 11.6. The molecule has 1 atom stereocenters. The van der Waals surface area contributed by atoms with Crippen LogP contribution in [0.2, 0.25) is 0 Å². The molecule has 178 valence electrons. The van der Waals surface area contributed by atoms with Crippen molar-refractivity contribution in [1.82, 2.24) is 10.3 Å². The van der Waals surface area contributed by atoms with Crippen molar-refractivity contribution in [2.75, 3.05) is 17.3 Å². The van der Waals surface area contributed by atoms with E-state index in [1.807, 2.05) is 66.9 Å². The molecular weight excluding hydrogens is 446 g/mol. The highest BCUT2D eigenvalue weighted by molar-refractivity contribution is 7.98. The maximum Gasteiger partial charge on any atom is 0.328 e. The summed E-state index contributed by atoms with van der Waals surface area (Å²) >= 11 is 1.62. The molecule has 0 aliphatic heterocycles. The highest BCUT2D eigenvalue weighted by Gasteiger charge is 2.25. The van der Waals surface area contributed by atoms with Gasteiger partial charge in [-0.2, -0.15) is 11.8 Å². The maximum absolute atomic E-state index is 13.3. The molecule has 0 bridgehead atoms. The van der Waals surface area contributed by atoms with Crippen molar-refractivity contribution < 1.29 is 14.3 Å². The van der Waals surface area contributed by atoms with Gasteiger partial charge < -0.3 is 15.4 Å². The van der Waals surface area contributed by atoms with Gasteiger partial charge in [0.05, 0.1) is 11.8 Å². The van der Waals surface area contributed by atoms with Crippen molar-refractivity contribution in [2.24, 2.45) is 0 Å². The van der Waals surface area contributed by atoms with Crippen LogP contribution in [0.1, 0.15) is 36.2 Å². The number of pyridine rings is 1. The van der Waals surface area contributed by atoms with Gasteiger partial charge in [-0.05, 0) is 73.2 Å². The number of amides is 1. The summed E-state index contributed by atoms with van der Waals surface area (Å²) in [5, 5.41) is 6.26. The lowest BCUT2D eigenvalue weighted by Crippen LogP contribution is -2.43. The van der Waals surface area contributed by atoms with Crippen molar-refractivity contribution in [1.29, 1.82) is 0 Å². The first-order chi connectivity index (χ1) is 16.5. The Bertz CT molecular complexity index is 1070. The summed E-state index contributed by atoms with van der Waals surface area (Å²) in [5.74, 6) is 0.0382. The number of aromatic nitrogens is 1. The Morgan fingerprint density at radius 3 is 2.53 bits per heavy atom. The summed E-state index contributed by atoms with van der Waals surface area (Å²) in [6, 6.07) is 18.7. The zero-order chi connectivity index (χ0) is 24.3. The van der Waals surface area contributed by atoms with Crippen molar-refractivity contribution in [3.05, 3.63) is 84.2 Å². The van der Waals surface area contributed by atoms with Gasteiger partial charge in [-0.25, -0.2) is 4.79 Å². The molecule has 1 unspecified atom stereocenters. The third-order valence-corrected chi connectivity index (χ3v) is 5.77. The van der Waals surface area contributed by atoms with E-state index in [1.165, 1.54) is 0 Å². The highest BCUT2D eigenvalue weighted by atomic mass is 32.2. The Hall–Kier alpha value is -3.32. The van der Waals surface area contributed by atoms with Gasteiger partial charge in [-0.3, -0.25) is 9.78 Å². The van der Waals surface area contributed by atoms with Crippen LogP contribution in [-0.2, 0) is 16.1 Å². The fourth-order valence-electron chi connectivity index (χ4n) is 3.46. The maximum atomic E-state index is 13.3. The van der Waals surface area contributed by atoms with Gasteiger partial charge in [-0.1, -0.05) is 36.4 Å². The van der Waals surface area contributed by atoms with Gasteiger partial charge in [0.15, 0.2) is 0 Å². The van der Waals surface area contributed by atoms with Crippen molar-refractivity contribution in [2.45, 2.75) is 39.0 Å². The summed E-state index contributed by atoms with van der Waals surface area (Å²) in [6.45, 7) is 4.19. The molecule has 1 amide bonds. The number of nitrogens with zero attached hydrogens (tertiary/aromatic N) is 1. The molecule has 3 rings (SSSR count). The lowest BCUT2D eigenvalue weighted by molar-refractivity contribution is -0.149. The minimum atomic E-state index is -0.696. The van der Waals surface area contributed by atoms with Gasteiger partial charge in [0.25, 0.3) is 5.91 Å². The molecule has 2 aromatic carbocycles. The number of carbonyl (C=O) groups is 2. The van der Waals surface area contributed by atoms with Crippen molar-refractivity contribution >= 4 is 29.3 Å². The van der Waals surface area contributed by atoms with Crippen LogP contribution >= 0.6 is 11.8 Å². The molecule has 7 heteroatoms. The Labute approximate surface area is 205 Å². The van der Waals surface area contributed by atoms with Crippen LogP contribution < -0.4 is 10.6 Å². The third kappa shape index (κ3) is 7.35. The van der Waals surface area contributed by atoms with E-state index in [1.54, 1.807) is 38.0 Å². The van der Waals surface area contributed by atoms with E-state index < -0.39 is 12.0 Å². The average molecular weight is 478 g/mol. The number of esters is 1. The summed E-state index contributed by atoms with van der Waals surface area (Å²) < 4.78 is 5.38. The van der Waals surface area contributed by atoms with E-state index >= 15 is 0 Å². The van der Waals surface area contributed by atoms with Crippen LogP contribution in [0.4, 0.5) is 5.69 Å². The monoisotopic (exact) mass is 477 g/mol. The standard InChI is InChI=1S/C27H31N3O3S/c1-19(2)33-27(32)25(13-15-34-3)30-26(31)23-12-11-20(17-29-22-10-7-14-28-18-22)16-24(23)21-8-5-4-6-9-21/h4-12,14,16,18-19,25,29H,13,15,17H2,1-3H3,(H,30,31). The first-order valence-electron chi connectivity index (χ1n) is 11.3. The molecule has 2 N–H and O–H groups in total. The van der Waals surface area contributed by atoms with E-state index in [2.05, 4.69) is 15.6 Å². The zero-order valence-electron chi connectivity index (χ0n) is 19.8. The predicted octanol–water partition coefficient (Wildman–Crippen LogP) is 5.16. The van der Waals surface area contributed by atoms with E-state index in [4.69, 9.17) is 4.74 Å². The minimum Gasteiger partial charge on any atom is -0.461 e. The summed E-state index contributed by atoms with van der Waals surface area (Å²) in [5.41, 5.74) is 4.21. The molecule has 0 saturated carbocycles. The first kappa shape index (κ1) is 25.3. The SMILES string of the molecule is CSCCC(NC(=O)c1ccc(CNc2cccnc2)cc1-c1ccccc1)C(=O)OC(C)C. The molecule has 0 aliphatic carbocycles. The van der Waals surface area contributed by atoms with Crippen LogP contribution in [0, 0.1) is 0 Å². The molecule has 0 aliphatic rings. The summed E-state index contributed by atoms with van der Waals surface area (Å²) in [4.78, 5) is 30.1. The lowest BCUT2D eigenvalue weighted by Gasteiger charge is -2.20. The quantitative estimate of drug-likeness (QED) is 0.371. The summed E-state index contributed by atoms with van der Waals surface area (Å²) in [7, 11) is 0. The number of anilines is 1. The van der Waals surface area contributed by atoms with Crippen molar-refractivity contribution in [3.8, 4) is 11.1 Å². The number of rotatable bonds is 11. The molecule has 0 saturated heterocycles. The predicted molar refractivity (Wildman–Crippen MR) is 139 cm³/mol. The fraction of sp³-hybridized carbons (Fsp3) is 0.296. The Balaban J connectivity index is 1.86. The average Bonchev–Trinajstić information content (AvgIpc) is 2.85. The van der Waals surface area contributed by atoms with Gasteiger partial charge in [0, 0.05) is 24.5 Å². The smallest absolute Gasteiger partial charge is 0.328 e. The molecule has 0 fully saturated rings. The molecule has 0 radical (unpaired) electrons. The molecule has 0 spiro atoms. The zero-order valence-corrected chi connectivity index (χ0v) is 20.6. The van der Waals surface area contributed by atoms with Gasteiger partial charge in [0.2, 0.25) is 0 Å². The van der Waals surface area contributed by atoms with Crippen LogP contribution in [0.3, 0.4) is 0 Å². The number of nitrogens with one attached hydrogen (secondary N) is 2. The van der Waals surface area contributed by atoms with Crippen LogP contribution in [-0.4, -0.2) is 41.0 Å². The van der Waals surface area contributed by atoms with Crippen LogP contribution in [0.15, 0.2) is 73.1 Å². The summed E-state index contributed by atoms with van der Waals surface area (Å²) in [6.07, 6.45) is 5.73. The Morgan fingerprint density at radius 1 is 1.06 bits per heavy atom. The van der Waals surface area contributed by atoms with E-state index in [0.29, 0.717) is 18.5 Å². The largest absolute Gasteiger partial charge is 0.461 e. The molecular formula is C27H31N3O3S. The number of hydrogen-bond donors (Lipinski definition) is 2. The Kier molecular flexibility index (Phi) is 9.52. The van der Waals surface area contributed by atoms with Gasteiger partial charge in [0.1, 0.15) is 6.04 Å². The third-order valence-electron chi connectivity index (χ3n) is 5.12. The number of hydrogen-bond acceptors (Lipinski definition) is 6. The van der Waals surface area contributed by atoms with Crippen molar-refractivity contribution in [3.63, 3.8) is 0 Å². The van der Waals surface area contributed by atoms with Crippen LogP contribution in [0.25, 0.3) is 11.1 Å². The Morgan fingerprint density at radius 2 is 1.85 bits per heavy atom. The second-order valence-corrected chi connectivity index (χ2v) is 9.12. The lowest BCUT2D eigenvalue weighted by atomic mass is 9.96. The molecule has 1 aromatic heterocycles. The number of benzene rings is 2. The highest BCUT2D eigenvalue weighted by Crippen LogP contribution is 2.26. The van der Waals surface area contributed by atoms with Gasteiger partial charge in [-0.15, -0.1) is 0 Å². The van der Waals surface area contributed by atoms with E-state index in [-0.39, 0.29) is 12.0 Å². The van der Waals surface area contributed by atoms with Gasteiger partial charge >= 0.3 is 5.97 Å². The second-order valence-electron chi connectivity index (χ2n) is 8.13. The topological polar surface area (TPSA) is 80.3 Å². The number of thioether (sulfide) groups is 1. The molecule has 34 heavy (non-hydrogen) atoms. The molecule has 6 nitrogen and oxygen atoms in total. The molecule has 1 heterocycles. The van der Waals surface area contributed by atoms with E-state index in [0.717, 1.165) is 28.1 Å². The number of ether oxygens (including phenoxy) is 1. The molecule has 3 aromatic rings. The van der Waals surface area contributed by atoms with E-state index in [9.17, 15) is 9.59 Å².